The third kappa shape index (κ3) is 3.50. The number of piperazine rings is 1. The summed E-state index contributed by atoms with van der Waals surface area (Å²) >= 11 is 0. The van der Waals surface area contributed by atoms with Crippen LogP contribution in [0, 0.1) is 13.8 Å². The lowest BCUT2D eigenvalue weighted by molar-refractivity contribution is 0.179. The molecule has 2 aromatic heterocycles. The fourth-order valence-corrected chi connectivity index (χ4v) is 5.31. The zero-order valence-corrected chi connectivity index (χ0v) is 16.5. The molecule has 0 amide bonds. The number of sulfonamides is 1. The van der Waals surface area contributed by atoms with Crippen LogP contribution in [-0.2, 0) is 16.6 Å². The first-order valence-corrected chi connectivity index (χ1v) is 10.6. The molecule has 7 heteroatoms. The van der Waals surface area contributed by atoms with Crippen molar-refractivity contribution in [3.05, 3.63) is 65.6 Å². The molecule has 142 valence electrons. The van der Waals surface area contributed by atoms with Crippen molar-refractivity contribution in [2.75, 3.05) is 26.2 Å². The average Bonchev–Trinajstić information content (AvgIpc) is 3.05. The molecule has 4 rings (SSSR count). The number of aryl methyl sites for hydroxylation is 2. The highest BCUT2D eigenvalue weighted by atomic mass is 32.2. The molecule has 0 spiro atoms. The smallest absolute Gasteiger partial charge is 0.243 e. The van der Waals surface area contributed by atoms with Crippen molar-refractivity contribution in [2.24, 2.45) is 0 Å². The van der Waals surface area contributed by atoms with Gasteiger partial charge in [-0.2, -0.15) is 4.31 Å². The molecule has 1 aliphatic rings. The predicted octanol–water partition coefficient (Wildman–Crippen LogP) is 2.46. The van der Waals surface area contributed by atoms with E-state index in [-0.39, 0.29) is 0 Å². The van der Waals surface area contributed by atoms with Crippen LogP contribution >= 0.6 is 0 Å². The van der Waals surface area contributed by atoms with Gasteiger partial charge in [0, 0.05) is 38.9 Å². The highest BCUT2D eigenvalue weighted by Crippen LogP contribution is 2.22. The van der Waals surface area contributed by atoms with E-state index in [0.717, 1.165) is 29.0 Å². The van der Waals surface area contributed by atoms with Crippen LogP contribution in [0.2, 0.25) is 0 Å². The Hall–Kier alpha value is -2.22. The normalized spacial score (nSPS) is 16.8. The molecule has 0 bridgehead atoms. The van der Waals surface area contributed by atoms with Crippen LogP contribution in [0.1, 0.15) is 16.8 Å². The lowest BCUT2D eigenvalue weighted by atomic mass is 10.2. The minimum atomic E-state index is -3.44. The van der Waals surface area contributed by atoms with Gasteiger partial charge in [0.15, 0.2) is 0 Å². The summed E-state index contributed by atoms with van der Waals surface area (Å²) < 4.78 is 29.7. The van der Waals surface area contributed by atoms with Crippen molar-refractivity contribution in [3.8, 4) is 0 Å². The fraction of sp³-hybridized carbons (Fsp3) is 0.350. The number of hydrogen-bond donors (Lipinski definition) is 0. The molecule has 1 saturated heterocycles. The molecule has 27 heavy (non-hydrogen) atoms. The van der Waals surface area contributed by atoms with Gasteiger partial charge in [-0.25, -0.2) is 13.4 Å². The summed E-state index contributed by atoms with van der Waals surface area (Å²) in [6.07, 6.45) is 3.91. The van der Waals surface area contributed by atoms with Gasteiger partial charge in [0.25, 0.3) is 0 Å². The van der Waals surface area contributed by atoms with Crippen molar-refractivity contribution >= 4 is 15.7 Å². The van der Waals surface area contributed by atoms with Gasteiger partial charge in [0.05, 0.1) is 16.8 Å². The number of rotatable bonds is 4. The van der Waals surface area contributed by atoms with Gasteiger partial charge in [0.2, 0.25) is 10.0 Å². The largest absolute Gasteiger partial charge is 0.303 e. The molecular formula is C20H24N4O2S. The van der Waals surface area contributed by atoms with E-state index in [1.54, 1.807) is 10.4 Å². The second kappa shape index (κ2) is 7.07. The molecular weight excluding hydrogens is 360 g/mol. The Kier molecular flexibility index (Phi) is 4.75. The van der Waals surface area contributed by atoms with Crippen LogP contribution in [0.15, 0.2) is 53.7 Å². The number of hydrogen-bond acceptors (Lipinski definition) is 4. The van der Waals surface area contributed by atoms with Gasteiger partial charge in [-0.1, -0.05) is 23.8 Å². The van der Waals surface area contributed by atoms with Crippen molar-refractivity contribution in [3.63, 3.8) is 0 Å². The molecule has 0 unspecified atom stereocenters. The Morgan fingerprint density at radius 3 is 2.56 bits per heavy atom. The molecule has 0 N–H and O–H groups in total. The van der Waals surface area contributed by atoms with Crippen LogP contribution in [-0.4, -0.2) is 53.2 Å². The van der Waals surface area contributed by atoms with Gasteiger partial charge in [-0.15, -0.1) is 0 Å². The Labute approximate surface area is 160 Å². The topological polar surface area (TPSA) is 57.9 Å². The number of aromatic nitrogens is 2. The molecule has 0 atom stereocenters. The van der Waals surface area contributed by atoms with Gasteiger partial charge in [-0.05, 0) is 37.6 Å². The van der Waals surface area contributed by atoms with E-state index in [0.29, 0.717) is 31.1 Å². The quantitative estimate of drug-likeness (QED) is 0.693. The molecule has 6 nitrogen and oxygen atoms in total. The highest BCUT2D eigenvalue weighted by molar-refractivity contribution is 7.89. The Balaban J connectivity index is 1.45. The molecule has 3 aromatic rings. The van der Waals surface area contributed by atoms with Crippen molar-refractivity contribution in [2.45, 2.75) is 25.3 Å². The van der Waals surface area contributed by atoms with Crippen LogP contribution < -0.4 is 0 Å². The lowest BCUT2D eigenvalue weighted by Crippen LogP contribution is -2.48. The minimum absolute atomic E-state index is 0.420. The van der Waals surface area contributed by atoms with Gasteiger partial charge in [-0.3, -0.25) is 4.90 Å². The summed E-state index contributed by atoms with van der Waals surface area (Å²) in [5, 5.41) is 0. The second-order valence-corrected chi connectivity index (χ2v) is 9.03. The first kappa shape index (κ1) is 18.2. The summed E-state index contributed by atoms with van der Waals surface area (Å²) in [5.74, 6) is 0. The molecule has 0 aliphatic carbocycles. The zero-order valence-electron chi connectivity index (χ0n) is 15.7. The van der Waals surface area contributed by atoms with E-state index < -0.39 is 10.0 Å². The van der Waals surface area contributed by atoms with Crippen LogP contribution in [0.5, 0.6) is 0 Å². The first-order chi connectivity index (χ1) is 12.9. The van der Waals surface area contributed by atoms with Crippen molar-refractivity contribution in [1.29, 1.82) is 0 Å². The molecule has 0 saturated carbocycles. The summed E-state index contributed by atoms with van der Waals surface area (Å²) in [6.45, 7) is 7.04. The number of imidazole rings is 1. The van der Waals surface area contributed by atoms with E-state index >= 15 is 0 Å². The summed E-state index contributed by atoms with van der Waals surface area (Å²) in [7, 11) is -3.44. The lowest BCUT2D eigenvalue weighted by Gasteiger charge is -2.34. The van der Waals surface area contributed by atoms with Crippen molar-refractivity contribution in [1.82, 2.24) is 18.6 Å². The van der Waals surface area contributed by atoms with E-state index in [9.17, 15) is 8.42 Å². The summed E-state index contributed by atoms with van der Waals surface area (Å²) in [4.78, 5) is 7.13. The number of pyridine rings is 1. The van der Waals surface area contributed by atoms with Crippen LogP contribution in [0.25, 0.3) is 5.65 Å². The van der Waals surface area contributed by atoms with E-state index in [2.05, 4.69) is 14.3 Å². The monoisotopic (exact) mass is 384 g/mol. The SMILES string of the molecule is Cc1ccc(S(=O)(=O)N2CCN(Cc3cnc4ccccn34)CC2)c(C)c1. The molecule has 0 radical (unpaired) electrons. The fourth-order valence-electron chi connectivity index (χ4n) is 3.69. The average molecular weight is 385 g/mol. The maximum Gasteiger partial charge on any atom is 0.243 e. The Bertz CT molecular complexity index is 1070. The third-order valence-corrected chi connectivity index (χ3v) is 7.22. The van der Waals surface area contributed by atoms with Crippen molar-refractivity contribution < 1.29 is 8.42 Å². The summed E-state index contributed by atoms with van der Waals surface area (Å²) in [5.41, 5.74) is 3.94. The van der Waals surface area contributed by atoms with Gasteiger partial charge >= 0.3 is 0 Å². The number of fused-ring (bicyclic) bond motifs is 1. The highest BCUT2D eigenvalue weighted by Gasteiger charge is 2.29. The maximum atomic E-state index is 13.0. The van der Waals surface area contributed by atoms with E-state index in [1.165, 1.54) is 0 Å². The zero-order chi connectivity index (χ0) is 19.0. The molecule has 1 fully saturated rings. The van der Waals surface area contributed by atoms with Gasteiger partial charge in [0.1, 0.15) is 5.65 Å². The van der Waals surface area contributed by atoms with Crippen LogP contribution in [0.4, 0.5) is 0 Å². The Morgan fingerprint density at radius 2 is 1.81 bits per heavy atom. The molecule has 3 heterocycles. The molecule has 1 aliphatic heterocycles. The Morgan fingerprint density at radius 1 is 1.04 bits per heavy atom. The predicted molar refractivity (Wildman–Crippen MR) is 105 cm³/mol. The number of nitrogens with zero attached hydrogens (tertiary/aromatic N) is 4. The summed E-state index contributed by atoms with van der Waals surface area (Å²) in [6, 6.07) is 11.5. The first-order valence-electron chi connectivity index (χ1n) is 9.16. The second-order valence-electron chi connectivity index (χ2n) is 7.13. The van der Waals surface area contributed by atoms with E-state index in [4.69, 9.17) is 0 Å². The van der Waals surface area contributed by atoms with Gasteiger partial charge < -0.3 is 4.40 Å². The van der Waals surface area contributed by atoms with E-state index in [1.807, 2.05) is 56.6 Å². The van der Waals surface area contributed by atoms with Crippen LogP contribution in [0.3, 0.4) is 0 Å². The maximum absolute atomic E-state index is 13.0. The number of benzene rings is 1. The minimum Gasteiger partial charge on any atom is -0.303 e. The third-order valence-electron chi connectivity index (χ3n) is 5.16. The molecule has 1 aromatic carbocycles. The standard InChI is InChI=1S/C20H24N4O2S/c1-16-6-7-19(17(2)13-16)27(25,26)23-11-9-22(10-12-23)15-18-14-21-20-5-3-4-8-24(18)20/h3-8,13-14H,9-12,15H2,1-2H3.